The lowest BCUT2D eigenvalue weighted by atomic mass is 10.1. The first-order chi connectivity index (χ1) is 10.2. The highest BCUT2D eigenvalue weighted by molar-refractivity contribution is 6.12. The Morgan fingerprint density at radius 3 is 2.14 bits per heavy atom. The van der Waals surface area contributed by atoms with Crippen molar-refractivity contribution < 1.29 is 18.9 Å². The molecule has 0 unspecified atom stereocenters. The Hall–Kier alpha value is -2.56. The van der Waals surface area contributed by atoms with Gasteiger partial charge in [0, 0.05) is 17.0 Å². The Morgan fingerprint density at radius 2 is 1.52 bits per heavy atom. The predicted molar refractivity (Wildman–Crippen MR) is 82.0 cm³/mol. The van der Waals surface area contributed by atoms with Crippen LogP contribution in [-0.2, 0) is 0 Å². The number of nitrogens with one attached hydrogen (secondary N) is 1. The summed E-state index contributed by atoms with van der Waals surface area (Å²) in [5.41, 5.74) is 1.92. The molecule has 2 aromatic carbocycles. The van der Waals surface area contributed by atoms with Gasteiger partial charge in [-0.05, 0) is 18.2 Å². The zero-order valence-electron chi connectivity index (χ0n) is 12.4. The van der Waals surface area contributed by atoms with E-state index in [-0.39, 0.29) is 0 Å². The van der Waals surface area contributed by atoms with Crippen LogP contribution in [0.3, 0.4) is 0 Å². The summed E-state index contributed by atoms with van der Waals surface area (Å²) in [6.07, 6.45) is 0. The Bertz CT molecular complexity index is 807. The molecule has 0 amide bonds. The SMILES string of the molecule is COc1ccc2[nH]c3cc(OC)c(OC)c(OC)c3c2c1. The molecule has 3 aromatic rings. The molecule has 0 saturated carbocycles. The fourth-order valence-corrected chi connectivity index (χ4v) is 2.63. The molecular formula is C16H17NO4. The molecule has 0 bridgehead atoms. The van der Waals surface area contributed by atoms with Crippen molar-refractivity contribution in [3.05, 3.63) is 24.3 Å². The fourth-order valence-electron chi connectivity index (χ4n) is 2.63. The highest BCUT2D eigenvalue weighted by Crippen LogP contribution is 2.46. The number of fused-ring (bicyclic) bond motifs is 3. The van der Waals surface area contributed by atoms with Gasteiger partial charge < -0.3 is 23.9 Å². The summed E-state index contributed by atoms with van der Waals surface area (Å²) in [6.45, 7) is 0. The summed E-state index contributed by atoms with van der Waals surface area (Å²) in [5, 5.41) is 1.96. The number of hydrogen-bond acceptors (Lipinski definition) is 4. The van der Waals surface area contributed by atoms with Crippen molar-refractivity contribution in [1.82, 2.24) is 4.98 Å². The lowest BCUT2D eigenvalue weighted by molar-refractivity contribution is 0.327. The van der Waals surface area contributed by atoms with E-state index in [1.807, 2.05) is 24.3 Å². The average molecular weight is 287 g/mol. The first-order valence-electron chi connectivity index (χ1n) is 6.51. The third-order valence-electron chi connectivity index (χ3n) is 3.60. The second-order valence-corrected chi connectivity index (χ2v) is 4.60. The molecule has 110 valence electrons. The lowest BCUT2D eigenvalue weighted by Gasteiger charge is -2.13. The lowest BCUT2D eigenvalue weighted by Crippen LogP contribution is -1.95. The average Bonchev–Trinajstić information content (AvgIpc) is 2.89. The van der Waals surface area contributed by atoms with E-state index in [0.717, 1.165) is 27.6 Å². The third kappa shape index (κ3) is 1.93. The van der Waals surface area contributed by atoms with Crippen molar-refractivity contribution in [2.75, 3.05) is 28.4 Å². The maximum Gasteiger partial charge on any atom is 0.204 e. The predicted octanol–water partition coefficient (Wildman–Crippen LogP) is 3.36. The van der Waals surface area contributed by atoms with Gasteiger partial charge in [-0.2, -0.15) is 0 Å². The highest BCUT2D eigenvalue weighted by Gasteiger charge is 2.19. The van der Waals surface area contributed by atoms with Gasteiger partial charge in [0.2, 0.25) is 5.75 Å². The van der Waals surface area contributed by atoms with Crippen LogP contribution in [0.25, 0.3) is 21.8 Å². The van der Waals surface area contributed by atoms with E-state index in [9.17, 15) is 0 Å². The van der Waals surface area contributed by atoms with E-state index in [1.54, 1.807) is 28.4 Å². The van der Waals surface area contributed by atoms with E-state index in [4.69, 9.17) is 18.9 Å². The van der Waals surface area contributed by atoms with Crippen LogP contribution >= 0.6 is 0 Å². The third-order valence-corrected chi connectivity index (χ3v) is 3.60. The fraction of sp³-hybridized carbons (Fsp3) is 0.250. The van der Waals surface area contributed by atoms with E-state index in [2.05, 4.69) is 4.98 Å². The second-order valence-electron chi connectivity index (χ2n) is 4.60. The van der Waals surface area contributed by atoms with Crippen LogP contribution < -0.4 is 18.9 Å². The normalized spacial score (nSPS) is 10.9. The van der Waals surface area contributed by atoms with Crippen LogP contribution in [0.15, 0.2) is 24.3 Å². The molecule has 1 aromatic heterocycles. The van der Waals surface area contributed by atoms with Gasteiger partial charge in [0.15, 0.2) is 11.5 Å². The number of rotatable bonds is 4. The molecule has 5 heteroatoms. The molecule has 0 atom stereocenters. The van der Waals surface area contributed by atoms with Crippen molar-refractivity contribution >= 4 is 21.8 Å². The molecule has 0 fully saturated rings. The maximum atomic E-state index is 5.57. The Kier molecular flexibility index (Phi) is 3.25. The highest BCUT2D eigenvalue weighted by atomic mass is 16.5. The maximum absolute atomic E-state index is 5.57. The zero-order chi connectivity index (χ0) is 15.0. The van der Waals surface area contributed by atoms with Crippen molar-refractivity contribution in [3.8, 4) is 23.0 Å². The molecule has 5 nitrogen and oxygen atoms in total. The van der Waals surface area contributed by atoms with Gasteiger partial charge in [0.05, 0.1) is 39.3 Å². The Labute approximate surface area is 122 Å². The van der Waals surface area contributed by atoms with E-state index >= 15 is 0 Å². The minimum Gasteiger partial charge on any atom is -0.497 e. The van der Waals surface area contributed by atoms with Crippen LogP contribution in [0.4, 0.5) is 0 Å². The number of aromatic nitrogens is 1. The molecule has 0 aliphatic heterocycles. The van der Waals surface area contributed by atoms with Gasteiger partial charge in [-0.15, -0.1) is 0 Å². The van der Waals surface area contributed by atoms with E-state index in [0.29, 0.717) is 17.2 Å². The zero-order valence-corrected chi connectivity index (χ0v) is 12.4. The van der Waals surface area contributed by atoms with Gasteiger partial charge in [-0.25, -0.2) is 0 Å². The number of H-pyrrole nitrogens is 1. The molecule has 1 heterocycles. The first kappa shape index (κ1) is 13.4. The minimum atomic E-state index is 0.580. The van der Waals surface area contributed by atoms with Crippen LogP contribution in [0, 0.1) is 0 Å². The summed E-state index contributed by atoms with van der Waals surface area (Å²) in [4.78, 5) is 3.36. The molecular weight excluding hydrogens is 270 g/mol. The summed E-state index contributed by atoms with van der Waals surface area (Å²) < 4.78 is 21.7. The van der Waals surface area contributed by atoms with E-state index < -0.39 is 0 Å². The van der Waals surface area contributed by atoms with E-state index in [1.165, 1.54) is 0 Å². The van der Waals surface area contributed by atoms with Crippen molar-refractivity contribution in [1.29, 1.82) is 0 Å². The monoisotopic (exact) mass is 287 g/mol. The number of aromatic amines is 1. The van der Waals surface area contributed by atoms with Crippen molar-refractivity contribution in [3.63, 3.8) is 0 Å². The summed E-state index contributed by atoms with van der Waals surface area (Å²) in [6, 6.07) is 7.77. The minimum absolute atomic E-state index is 0.580. The number of methoxy groups -OCH3 is 4. The van der Waals surface area contributed by atoms with Gasteiger partial charge in [-0.1, -0.05) is 0 Å². The van der Waals surface area contributed by atoms with Crippen LogP contribution in [0.2, 0.25) is 0 Å². The second kappa shape index (κ2) is 5.09. The standard InChI is InChI=1S/C16H17NO4/c1-18-9-5-6-11-10(7-9)14-12(17-11)8-13(19-2)15(20-3)16(14)21-4/h5-8,17H,1-4H3. The van der Waals surface area contributed by atoms with Crippen LogP contribution in [0.5, 0.6) is 23.0 Å². The van der Waals surface area contributed by atoms with Gasteiger partial charge in [0.1, 0.15) is 5.75 Å². The molecule has 0 aliphatic carbocycles. The van der Waals surface area contributed by atoms with Crippen molar-refractivity contribution in [2.45, 2.75) is 0 Å². The Balaban J connectivity index is 2.46. The summed E-state index contributed by atoms with van der Waals surface area (Å²) >= 11 is 0. The molecule has 3 rings (SSSR count). The molecule has 21 heavy (non-hydrogen) atoms. The van der Waals surface area contributed by atoms with Crippen molar-refractivity contribution in [2.24, 2.45) is 0 Å². The molecule has 0 aliphatic rings. The smallest absolute Gasteiger partial charge is 0.204 e. The van der Waals surface area contributed by atoms with Gasteiger partial charge in [-0.3, -0.25) is 0 Å². The molecule has 0 saturated heterocycles. The quantitative estimate of drug-likeness (QED) is 0.799. The molecule has 0 radical (unpaired) electrons. The first-order valence-corrected chi connectivity index (χ1v) is 6.51. The number of benzene rings is 2. The molecule has 1 N–H and O–H groups in total. The topological polar surface area (TPSA) is 52.7 Å². The Morgan fingerprint density at radius 1 is 0.762 bits per heavy atom. The van der Waals surface area contributed by atoms with Gasteiger partial charge >= 0.3 is 0 Å². The summed E-state index contributed by atoms with van der Waals surface area (Å²) in [5.74, 6) is 2.64. The molecule has 0 spiro atoms. The largest absolute Gasteiger partial charge is 0.497 e. The number of hydrogen-bond donors (Lipinski definition) is 1. The van der Waals surface area contributed by atoms with Crippen LogP contribution in [0.1, 0.15) is 0 Å². The van der Waals surface area contributed by atoms with Crippen LogP contribution in [-0.4, -0.2) is 33.4 Å². The summed E-state index contributed by atoms with van der Waals surface area (Å²) in [7, 11) is 6.48. The van der Waals surface area contributed by atoms with Gasteiger partial charge in [0.25, 0.3) is 0 Å². The number of ether oxygens (including phenoxy) is 4.